The quantitative estimate of drug-likeness (QED) is 0.798. The standard InChI is InChI=1S/C20H27NO2/c1-4-22-18-10-11-19(20(13-18)23-5-2)17(14-21)12-16-8-6-15(3)7-9-16/h6-11,13,17H,4-5,12,14,21H2,1-3H3. The van der Waals surface area contributed by atoms with E-state index in [2.05, 4.69) is 37.3 Å². The molecule has 0 amide bonds. The highest BCUT2D eigenvalue weighted by molar-refractivity contribution is 5.43. The molecule has 2 rings (SSSR count). The van der Waals surface area contributed by atoms with Gasteiger partial charge in [0, 0.05) is 12.0 Å². The van der Waals surface area contributed by atoms with Gasteiger partial charge >= 0.3 is 0 Å². The van der Waals surface area contributed by atoms with Crippen molar-refractivity contribution in [2.45, 2.75) is 33.1 Å². The highest BCUT2D eigenvalue weighted by Gasteiger charge is 2.16. The second-order valence-corrected chi connectivity index (χ2v) is 5.69. The van der Waals surface area contributed by atoms with Crippen LogP contribution in [0, 0.1) is 6.92 Å². The maximum absolute atomic E-state index is 6.06. The molecule has 1 atom stereocenters. The van der Waals surface area contributed by atoms with E-state index in [1.54, 1.807) is 0 Å². The minimum absolute atomic E-state index is 0.231. The first-order valence-corrected chi connectivity index (χ1v) is 8.33. The van der Waals surface area contributed by atoms with E-state index in [0.29, 0.717) is 19.8 Å². The predicted octanol–water partition coefficient (Wildman–Crippen LogP) is 4.08. The Hall–Kier alpha value is -2.00. The van der Waals surface area contributed by atoms with Gasteiger partial charge in [0.15, 0.2) is 0 Å². The van der Waals surface area contributed by atoms with Crippen LogP contribution in [0.5, 0.6) is 11.5 Å². The van der Waals surface area contributed by atoms with Crippen molar-refractivity contribution >= 4 is 0 Å². The van der Waals surface area contributed by atoms with Crippen LogP contribution in [0.25, 0.3) is 0 Å². The third-order valence-corrected chi connectivity index (χ3v) is 3.92. The molecule has 2 aromatic rings. The lowest BCUT2D eigenvalue weighted by molar-refractivity contribution is 0.319. The molecule has 0 saturated heterocycles. The van der Waals surface area contributed by atoms with E-state index < -0.39 is 0 Å². The van der Waals surface area contributed by atoms with Crippen molar-refractivity contribution in [1.82, 2.24) is 0 Å². The third kappa shape index (κ3) is 4.73. The van der Waals surface area contributed by atoms with Crippen LogP contribution in [0.3, 0.4) is 0 Å². The largest absolute Gasteiger partial charge is 0.494 e. The van der Waals surface area contributed by atoms with Gasteiger partial charge in [-0.3, -0.25) is 0 Å². The van der Waals surface area contributed by atoms with Crippen molar-refractivity contribution in [3.05, 3.63) is 59.2 Å². The maximum atomic E-state index is 6.06. The van der Waals surface area contributed by atoms with Crippen molar-refractivity contribution in [2.24, 2.45) is 5.73 Å². The number of ether oxygens (including phenoxy) is 2. The fourth-order valence-electron chi connectivity index (χ4n) is 2.72. The number of nitrogens with two attached hydrogens (primary N) is 1. The molecule has 3 heteroatoms. The Morgan fingerprint density at radius 2 is 1.65 bits per heavy atom. The fraction of sp³-hybridized carbons (Fsp3) is 0.400. The van der Waals surface area contributed by atoms with Crippen LogP contribution >= 0.6 is 0 Å². The Labute approximate surface area is 139 Å². The summed E-state index contributed by atoms with van der Waals surface area (Å²) in [4.78, 5) is 0. The van der Waals surface area contributed by atoms with Gasteiger partial charge in [-0.2, -0.15) is 0 Å². The average molecular weight is 313 g/mol. The Morgan fingerprint density at radius 3 is 2.26 bits per heavy atom. The highest BCUT2D eigenvalue weighted by atomic mass is 16.5. The van der Waals surface area contributed by atoms with Crippen LogP contribution in [0.4, 0.5) is 0 Å². The molecule has 2 N–H and O–H groups in total. The third-order valence-electron chi connectivity index (χ3n) is 3.92. The van der Waals surface area contributed by atoms with Crippen LogP contribution in [0.1, 0.15) is 36.5 Å². The van der Waals surface area contributed by atoms with Gasteiger partial charge in [-0.25, -0.2) is 0 Å². The number of rotatable bonds is 8. The molecule has 0 bridgehead atoms. The van der Waals surface area contributed by atoms with Gasteiger partial charge in [0.05, 0.1) is 13.2 Å². The Kier molecular flexibility index (Phi) is 6.48. The molecule has 2 aromatic carbocycles. The SMILES string of the molecule is CCOc1ccc(C(CN)Cc2ccc(C)cc2)c(OCC)c1. The number of benzene rings is 2. The summed E-state index contributed by atoms with van der Waals surface area (Å²) in [6.45, 7) is 7.94. The summed E-state index contributed by atoms with van der Waals surface area (Å²) in [5, 5.41) is 0. The van der Waals surface area contributed by atoms with Crippen molar-refractivity contribution in [3.63, 3.8) is 0 Å². The molecule has 0 saturated carbocycles. The molecule has 0 aliphatic carbocycles. The molecule has 1 unspecified atom stereocenters. The lowest BCUT2D eigenvalue weighted by atomic mass is 9.91. The van der Waals surface area contributed by atoms with Crippen molar-refractivity contribution in [1.29, 1.82) is 0 Å². The van der Waals surface area contributed by atoms with Gasteiger partial charge in [-0.1, -0.05) is 35.9 Å². The van der Waals surface area contributed by atoms with Crippen molar-refractivity contribution < 1.29 is 9.47 Å². The van der Waals surface area contributed by atoms with E-state index in [4.69, 9.17) is 15.2 Å². The first-order chi connectivity index (χ1) is 11.2. The van der Waals surface area contributed by atoms with Gasteiger partial charge in [-0.15, -0.1) is 0 Å². The number of aryl methyl sites for hydroxylation is 1. The minimum atomic E-state index is 0.231. The monoisotopic (exact) mass is 313 g/mol. The van der Waals surface area contributed by atoms with E-state index >= 15 is 0 Å². The van der Waals surface area contributed by atoms with E-state index in [1.165, 1.54) is 11.1 Å². The Balaban J connectivity index is 2.26. The molecule has 0 fully saturated rings. The van der Waals surface area contributed by atoms with E-state index in [9.17, 15) is 0 Å². The zero-order valence-electron chi connectivity index (χ0n) is 14.3. The molecule has 0 radical (unpaired) electrons. The van der Waals surface area contributed by atoms with Gasteiger partial charge in [0.1, 0.15) is 11.5 Å². The Bertz CT molecular complexity index is 608. The summed E-state index contributed by atoms with van der Waals surface area (Å²) >= 11 is 0. The van der Waals surface area contributed by atoms with Gasteiger partial charge < -0.3 is 15.2 Å². The summed E-state index contributed by atoms with van der Waals surface area (Å²) in [6.07, 6.45) is 0.908. The molecule has 3 nitrogen and oxygen atoms in total. The molecule has 23 heavy (non-hydrogen) atoms. The van der Waals surface area contributed by atoms with Gasteiger partial charge in [-0.05, 0) is 50.9 Å². The maximum Gasteiger partial charge on any atom is 0.126 e. The zero-order valence-corrected chi connectivity index (χ0v) is 14.3. The van der Waals surface area contributed by atoms with Crippen molar-refractivity contribution in [2.75, 3.05) is 19.8 Å². The van der Waals surface area contributed by atoms with Crippen LogP contribution in [-0.2, 0) is 6.42 Å². The normalized spacial score (nSPS) is 12.0. The number of hydrogen-bond acceptors (Lipinski definition) is 3. The predicted molar refractivity (Wildman–Crippen MR) is 95.5 cm³/mol. The molecular formula is C20H27NO2. The number of hydrogen-bond donors (Lipinski definition) is 1. The topological polar surface area (TPSA) is 44.5 Å². The highest BCUT2D eigenvalue weighted by Crippen LogP contribution is 2.32. The first kappa shape index (κ1) is 17.4. The van der Waals surface area contributed by atoms with Crippen LogP contribution < -0.4 is 15.2 Å². The van der Waals surface area contributed by atoms with E-state index in [0.717, 1.165) is 23.5 Å². The van der Waals surface area contributed by atoms with Gasteiger partial charge in [0.2, 0.25) is 0 Å². The van der Waals surface area contributed by atoms with E-state index in [-0.39, 0.29) is 5.92 Å². The minimum Gasteiger partial charge on any atom is -0.494 e. The summed E-state index contributed by atoms with van der Waals surface area (Å²) < 4.78 is 11.4. The zero-order chi connectivity index (χ0) is 16.7. The first-order valence-electron chi connectivity index (χ1n) is 8.33. The average Bonchev–Trinajstić information content (AvgIpc) is 2.56. The molecular weight excluding hydrogens is 286 g/mol. The summed E-state index contributed by atoms with van der Waals surface area (Å²) in [6, 6.07) is 14.7. The van der Waals surface area contributed by atoms with Crippen LogP contribution in [-0.4, -0.2) is 19.8 Å². The summed E-state index contributed by atoms with van der Waals surface area (Å²) in [5.41, 5.74) is 9.77. The molecule has 0 spiro atoms. The fourth-order valence-corrected chi connectivity index (χ4v) is 2.72. The Morgan fingerprint density at radius 1 is 0.957 bits per heavy atom. The second-order valence-electron chi connectivity index (χ2n) is 5.69. The molecule has 0 aromatic heterocycles. The molecule has 0 aliphatic heterocycles. The molecule has 124 valence electrons. The molecule has 0 heterocycles. The summed E-state index contributed by atoms with van der Waals surface area (Å²) in [5.74, 6) is 1.95. The second kappa shape index (κ2) is 8.59. The van der Waals surface area contributed by atoms with Crippen LogP contribution in [0.2, 0.25) is 0 Å². The van der Waals surface area contributed by atoms with Gasteiger partial charge in [0.25, 0.3) is 0 Å². The van der Waals surface area contributed by atoms with Crippen LogP contribution in [0.15, 0.2) is 42.5 Å². The smallest absolute Gasteiger partial charge is 0.126 e. The lowest BCUT2D eigenvalue weighted by Gasteiger charge is -2.20. The summed E-state index contributed by atoms with van der Waals surface area (Å²) in [7, 11) is 0. The van der Waals surface area contributed by atoms with E-state index in [1.807, 2.05) is 26.0 Å². The molecule has 0 aliphatic rings. The van der Waals surface area contributed by atoms with Crippen molar-refractivity contribution in [3.8, 4) is 11.5 Å². The lowest BCUT2D eigenvalue weighted by Crippen LogP contribution is -2.16.